The van der Waals surface area contributed by atoms with Gasteiger partial charge in [0.15, 0.2) is 0 Å². The van der Waals surface area contributed by atoms with Gasteiger partial charge in [0, 0.05) is 3.57 Å². The molecule has 0 spiro atoms. The summed E-state index contributed by atoms with van der Waals surface area (Å²) in [5.74, 6) is -0.852. The fourth-order valence-electron chi connectivity index (χ4n) is 0.956. The van der Waals surface area contributed by atoms with Crippen molar-refractivity contribution in [2.24, 2.45) is 0 Å². The van der Waals surface area contributed by atoms with E-state index in [1.165, 1.54) is 0 Å². The van der Waals surface area contributed by atoms with Gasteiger partial charge in [-0.05, 0) is 46.7 Å². The van der Waals surface area contributed by atoms with Gasteiger partial charge in [0.2, 0.25) is 0 Å². The summed E-state index contributed by atoms with van der Waals surface area (Å²) in [7, 11) is 0. The molecule has 0 bridgehead atoms. The molecule has 0 radical (unpaired) electrons. The van der Waals surface area contributed by atoms with Crippen molar-refractivity contribution in [2.45, 2.75) is 13.3 Å². The third-order valence-electron chi connectivity index (χ3n) is 1.67. The van der Waals surface area contributed by atoms with Gasteiger partial charge in [0.05, 0.1) is 5.56 Å². The van der Waals surface area contributed by atoms with E-state index in [4.69, 9.17) is 5.11 Å². The fraction of sp³-hybridized carbons (Fsp3) is 0.222. The molecule has 0 atom stereocenters. The normalized spacial score (nSPS) is 9.83. The average Bonchev–Trinajstić information content (AvgIpc) is 2.05. The second kappa shape index (κ2) is 3.89. The molecule has 0 aliphatic carbocycles. The van der Waals surface area contributed by atoms with Crippen LogP contribution in [0.4, 0.5) is 0 Å². The minimum absolute atomic E-state index is 0.398. The largest absolute Gasteiger partial charge is 0.478 e. The first kappa shape index (κ1) is 9.51. The highest BCUT2D eigenvalue weighted by Crippen LogP contribution is 2.14. The molecule has 0 aromatic heterocycles. The molecule has 1 aromatic carbocycles. The van der Waals surface area contributed by atoms with Crippen LogP contribution < -0.4 is 0 Å². The number of hydrogen-bond donors (Lipinski definition) is 1. The van der Waals surface area contributed by atoms with Gasteiger partial charge in [-0.2, -0.15) is 0 Å². The lowest BCUT2D eigenvalue weighted by atomic mass is 10.1. The second-order valence-electron chi connectivity index (χ2n) is 2.47. The van der Waals surface area contributed by atoms with Gasteiger partial charge in [-0.15, -0.1) is 0 Å². The predicted molar refractivity (Wildman–Crippen MR) is 55.5 cm³/mol. The molecule has 0 aliphatic heterocycles. The number of carbonyl (C=O) groups is 1. The Balaban J connectivity index is 3.17. The molecule has 12 heavy (non-hydrogen) atoms. The molecule has 1 N–H and O–H groups in total. The number of halogens is 1. The van der Waals surface area contributed by atoms with Gasteiger partial charge >= 0.3 is 5.97 Å². The van der Waals surface area contributed by atoms with Crippen LogP contribution >= 0.6 is 22.6 Å². The van der Waals surface area contributed by atoms with Gasteiger partial charge in [-0.1, -0.05) is 13.0 Å². The summed E-state index contributed by atoms with van der Waals surface area (Å²) in [6, 6.07) is 5.52. The number of aryl methyl sites for hydroxylation is 1. The smallest absolute Gasteiger partial charge is 0.336 e. The molecule has 2 nitrogen and oxygen atoms in total. The quantitative estimate of drug-likeness (QED) is 0.843. The van der Waals surface area contributed by atoms with Crippen LogP contribution in [-0.4, -0.2) is 11.1 Å². The van der Waals surface area contributed by atoms with Gasteiger partial charge < -0.3 is 5.11 Å². The summed E-state index contributed by atoms with van der Waals surface area (Å²) in [5, 5.41) is 8.78. The van der Waals surface area contributed by atoms with Crippen LogP contribution in [0.5, 0.6) is 0 Å². The maximum atomic E-state index is 10.7. The van der Waals surface area contributed by atoms with Gasteiger partial charge in [0.25, 0.3) is 0 Å². The van der Waals surface area contributed by atoms with Crippen molar-refractivity contribution in [1.82, 2.24) is 0 Å². The number of hydrogen-bond acceptors (Lipinski definition) is 1. The molecule has 0 unspecified atom stereocenters. The fourth-order valence-corrected chi connectivity index (χ4v) is 1.52. The van der Waals surface area contributed by atoms with E-state index in [0.717, 1.165) is 15.6 Å². The zero-order valence-corrected chi connectivity index (χ0v) is 8.83. The molecule has 64 valence electrons. The number of benzene rings is 1. The van der Waals surface area contributed by atoms with E-state index >= 15 is 0 Å². The van der Waals surface area contributed by atoms with E-state index < -0.39 is 5.97 Å². The van der Waals surface area contributed by atoms with Crippen molar-refractivity contribution in [3.63, 3.8) is 0 Å². The van der Waals surface area contributed by atoms with E-state index in [9.17, 15) is 4.79 Å². The number of aromatic carboxylic acids is 1. The average molecular weight is 276 g/mol. The highest BCUT2D eigenvalue weighted by molar-refractivity contribution is 14.1. The van der Waals surface area contributed by atoms with Crippen LogP contribution in [-0.2, 0) is 6.42 Å². The van der Waals surface area contributed by atoms with Crippen LogP contribution in [0.2, 0.25) is 0 Å². The summed E-state index contributed by atoms with van der Waals surface area (Å²) >= 11 is 2.03. The van der Waals surface area contributed by atoms with E-state index in [-0.39, 0.29) is 0 Å². The number of carboxylic acids is 1. The first-order valence-corrected chi connectivity index (χ1v) is 4.74. The Bertz CT molecular complexity index is 307. The first-order valence-electron chi connectivity index (χ1n) is 3.67. The number of carboxylic acid groups (broad SMARTS) is 1. The Morgan fingerprint density at radius 2 is 2.25 bits per heavy atom. The van der Waals surface area contributed by atoms with Gasteiger partial charge in [0.1, 0.15) is 0 Å². The summed E-state index contributed by atoms with van der Waals surface area (Å²) in [5.41, 5.74) is 1.46. The van der Waals surface area contributed by atoms with Gasteiger partial charge in [-0.3, -0.25) is 0 Å². The van der Waals surface area contributed by atoms with Crippen molar-refractivity contribution >= 4 is 28.6 Å². The monoisotopic (exact) mass is 276 g/mol. The maximum absolute atomic E-state index is 10.7. The van der Waals surface area contributed by atoms with Crippen LogP contribution in [0.3, 0.4) is 0 Å². The van der Waals surface area contributed by atoms with E-state index in [1.54, 1.807) is 6.07 Å². The predicted octanol–water partition coefficient (Wildman–Crippen LogP) is 2.55. The highest BCUT2D eigenvalue weighted by atomic mass is 127. The topological polar surface area (TPSA) is 37.3 Å². The Morgan fingerprint density at radius 3 is 2.75 bits per heavy atom. The molecule has 0 fully saturated rings. The van der Waals surface area contributed by atoms with Gasteiger partial charge in [-0.25, -0.2) is 4.79 Å². The molecule has 1 rings (SSSR count). The molecule has 1 aromatic rings. The summed E-state index contributed by atoms with van der Waals surface area (Å²) in [6.07, 6.45) is 0.872. The highest BCUT2D eigenvalue weighted by Gasteiger charge is 2.07. The lowest BCUT2D eigenvalue weighted by molar-refractivity contribution is 0.0695. The van der Waals surface area contributed by atoms with Crippen LogP contribution in [0.15, 0.2) is 18.2 Å². The Hall–Kier alpha value is -0.580. The third-order valence-corrected chi connectivity index (χ3v) is 2.61. The van der Waals surface area contributed by atoms with Crippen molar-refractivity contribution < 1.29 is 9.90 Å². The zero-order chi connectivity index (χ0) is 9.14. The molecule has 0 amide bonds. The zero-order valence-electron chi connectivity index (χ0n) is 6.67. The molecular weight excluding hydrogens is 267 g/mol. The molecule has 0 saturated heterocycles. The van der Waals surface area contributed by atoms with Crippen LogP contribution in [0.25, 0.3) is 0 Å². The second-order valence-corrected chi connectivity index (χ2v) is 3.64. The summed E-state index contributed by atoms with van der Waals surface area (Å²) < 4.78 is 0.789. The van der Waals surface area contributed by atoms with Crippen molar-refractivity contribution in [3.8, 4) is 0 Å². The minimum atomic E-state index is -0.852. The summed E-state index contributed by atoms with van der Waals surface area (Å²) in [6.45, 7) is 2.01. The third kappa shape index (κ3) is 1.97. The van der Waals surface area contributed by atoms with Crippen LogP contribution in [0, 0.1) is 3.57 Å². The first-order chi connectivity index (χ1) is 5.65. The molecule has 0 aliphatic rings. The standard InChI is InChI=1S/C9H9IO2/c1-2-6-3-4-8(10)7(5-6)9(11)12/h3-5H,2H2,1H3,(H,11,12). The Labute approximate surface area is 84.7 Å². The lowest BCUT2D eigenvalue weighted by Crippen LogP contribution is -2.00. The van der Waals surface area contributed by atoms with E-state index in [2.05, 4.69) is 0 Å². The van der Waals surface area contributed by atoms with E-state index in [1.807, 2.05) is 41.6 Å². The van der Waals surface area contributed by atoms with E-state index in [0.29, 0.717) is 5.56 Å². The Morgan fingerprint density at radius 1 is 1.58 bits per heavy atom. The lowest BCUT2D eigenvalue weighted by Gasteiger charge is -2.01. The number of rotatable bonds is 2. The van der Waals surface area contributed by atoms with Crippen molar-refractivity contribution in [1.29, 1.82) is 0 Å². The molecule has 3 heteroatoms. The molecule has 0 heterocycles. The molecular formula is C9H9IO2. The van der Waals surface area contributed by atoms with Crippen molar-refractivity contribution in [3.05, 3.63) is 32.9 Å². The molecule has 0 saturated carbocycles. The Kier molecular flexibility index (Phi) is 3.08. The minimum Gasteiger partial charge on any atom is -0.478 e. The SMILES string of the molecule is CCc1ccc(I)c(C(=O)O)c1. The van der Waals surface area contributed by atoms with Crippen molar-refractivity contribution in [2.75, 3.05) is 0 Å². The maximum Gasteiger partial charge on any atom is 0.336 e. The van der Waals surface area contributed by atoms with Crippen LogP contribution in [0.1, 0.15) is 22.8 Å². The summed E-state index contributed by atoms with van der Waals surface area (Å²) in [4.78, 5) is 10.7.